The number of carboxylic acid groups (broad SMARTS) is 2. The minimum Gasteiger partial charge on any atom is -0.473 e. The van der Waals surface area contributed by atoms with E-state index in [-0.39, 0.29) is 5.91 Å². The summed E-state index contributed by atoms with van der Waals surface area (Å²) in [5.74, 6) is -2.09. The summed E-state index contributed by atoms with van der Waals surface area (Å²) in [5.41, 5.74) is 2.25. The Morgan fingerprint density at radius 1 is 1.15 bits per heavy atom. The number of hydrogen-bond donors (Lipinski definition) is 3. The van der Waals surface area contributed by atoms with Crippen LogP contribution >= 0.6 is 23.1 Å². The van der Waals surface area contributed by atoms with Gasteiger partial charge in [0.2, 0.25) is 11.0 Å². The van der Waals surface area contributed by atoms with E-state index in [0.29, 0.717) is 17.6 Å². The van der Waals surface area contributed by atoms with Gasteiger partial charge in [-0.25, -0.2) is 14.6 Å². The number of likely N-dealkylation sites (tertiary alicyclic amines) is 1. The summed E-state index contributed by atoms with van der Waals surface area (Å²) in [6.07, 6.45) is 4.13. The molecule has 182 valence electrons. The number of hydrogen-bond acceptors (Lipinski definition) is 9. The molecule has 2 aromatic heterocycles. The second kappa shape index (κ2) is 12.4. The Morgan fingerprint density at radius 3 is 2.53 bits per heavy atom. The summed E-state index contributed by atoms with van der Waals surface area (Å²) in [5, 5.41) is 26.3. The van der Waals surface area contributed by atoms with Gasteiger partial charge in [0.1, 0.15) is 0 Å². The Bertz CT molecular complexity index is 1110. The van der Waals surface area contributed by atoms with Crippen molar-refractivity contribution in [3.05, 3.63) is 30.6 Å². The van der Waals surface area contributed by atoms with Crippen LogP contribution in [0.5, 0.6) is 0 Å². The van der Waals surface area contributed by atoms with Gasteiger partial charge in [0.25, 0.3) is 0 Å². The number of para-hydroxylation sites is 2. The summed E-state index contributed by atoms with van der Waals surface area (Å²) in [6, 6.07) is 8.26. The molecule has 1 aliphatic rings. The lowest BCUT2D eigenvalue weighted by molar-refractivity contribution is -0.159. The number of rotatable bonds is 7. The van der Waals surface area contributed by atoms with Gasteiger partial charge in [0, 0.05) is 6.54 Å². The third-order valence-electron chi connectivity index (χ3n) is 5.16. The maximum Gasteiger partial charge on any atom is 0.414 e. The monoisotopic (exact) mass is 506 g/mol. The van der Waals surface area contributed by atoms with Gasteiger partial charge < -0.3 is 14.8 Å². The van der Waals surface area contributed by atoms with E-state index in [4.69, 9.17) is 19.8 Å². The van der Waals surface area contributed by atoms with Gasteiger partial charge in [-0.05, 0) is 49.7 Å². The summed E-state index contributed by atoms with van der Waals surface area (Å²) in [6.45, 7) is 5.36. The van der Waals surface area contributed by atoms with Gasteiger partial charge in [0.15, 0.2) is 4.34 Å². The molecule has 1 saturated heterocycles. The van der Waals surface area contributed by atoms with E-state index in [1.807, 2.05) is 12.4 Å². The molecule has 4 rings (SSSR count). The molecule has 3 heterocycles. The van der Waals surface area contributed by atoms with Crippen molar-refractivity contribution in [1.82, 2.24) is 24.6 Å². The Labute approximate surface area is 204 Å². The molecule has 0 radical (unpaired) electrons. The number of carbonyl (C=O) groups excluding carboxylic acids is 1. The highest BCUT2D eigenvalue weighted by Gasteiger charge is 2.22. The zero-order valence-corrected chi connectivity index (χ0v) is 20.2. The molecule has 1 aliphatic heterocycles. The van der Waals surface area contributed by atoms with Gasteiger partial charge in [0.05, 0.1) is 23.9 Å². The standard InChI is InChI=1S/C19H24N6OS2.C2H2O4/c1-2-27-19-23-22-18(28-19)21-17(26)12-24-9-7-14(8-10-24)11-25-13-20-15-5-3-4-6-16(15)25;3-1(4)2(5)6/h3-6,13-14H,2,7-12H2,1H3,(H,21,22,26);(H,3,4)(H,5,6). The summed E-state index contributed by atoms with van der Waals surface area (Å²) in [4.78, 5) is 37.2. The summed E-state index contributed by atoms with van der Waals surface area (Å²) >= 11 is 3.07. The van der Waals surface area contributed by atoms with Crippen LogP contribution in [0.3, 0.4) is 0 Å². The highest BCUT2D eigenvalue weighted by Crippen LogP contribution is 2.25. The van der Waals surface area contributed by atoms with Crippen molar-refractivity contribution in [2.45, 2.75) is 30.6 Å². The van der Waals surface area contributed by atoms with E-state index in [2.05, 4.69) is 55.1 Å². The number of imidazole rings is 1. The topological polar surface area (TPSA) is 151 Å². The molecule has 13 heteroatoms. The number of nitrogens with zero attached hydrogens (tertiary/aromatic N) is 5. The molecular formula is C21H26N6O5S2. The lowest BCUT2D eigenvalue weighted by Crippen LogP contribution is -2.39. The zero-order valence-electron chi connectivity index (χ0n) is 18.6. The van der Waals surface area contributed by atoms with Crippen LogP contribution < -0.4 is 5.32 Å². The first-order valence-corrected chi connectivity index (χ1v) is 12.5. The highest BCUT2D eigenvalue weighted by molar-refractivity contribution is 8.01. The maximum absolute atomic E-state index is 12.3. The third kappa shape index (κ3) is 7.50. The predicted molar refractivity (Wildman–Crippen MR) is 129 cm³/mol. The fourth-order valence-electron chi connectivity index (χ4n) is 3.57. The lowest BCUT2D eigenvalue weighted by Gasteiger charge is -2.31. The number of benzene rings is 1. The minimum absolute atomic E-state index is 0.0109. The average molecular weight is 507 g/mol. The first-order valence-electron chi connectivity index (χ1n) is 10.7. The maximum atomic E-state index is 12.3. The molecule has 1 aromatic carbocycles. The molecule has 1 amide bonds. The number of aliphatic carboxylic acids is 2. The second-order valence-electron chi connectivity index (χ2n) is 7.57. The van der Waals surface area contributed by atoms with Crippen molar-refractivity contribution in [3.63, 3.8) is 0 Å². The number of fused-ring (bicyclic) bond motifs is 1. The number of thioether (sulfide) groups is 1. The van der Waals surface area contributed by atoms with Crippen molar-refractivity contribution in [1.29, 1.82) is 0 Å². The SMILES string of the molecule is CCSc1nnc(NC(=O)CN2CCC(Cn3cnc4ccccc43)CC2)s1.O=C(O)C(=O)O. The Hall–Kier alpha value is -3.03. The van der Waals surface area contributed by atoms with E-state index in [1.165, 1.54) is 16.9 Å². The fraction of sp³-hybridized carbons (Fsp3) is 0.429. The second-order valence-corrected chi connectivity index (χ2v) is 10.1. The van der Waals surface area contributed by atoms with Crippen LogP contribution in [-0.4, -0.2) is 78.1 Å². The van der Waals surface area contributed by atoms with E-state index >= 15 is 0 Å². The number of aromatic nitrogens is 4. The van der Waals surface area contributed by atoms with Crippen molar-refractivity contribution in [2.75, 3.05) is 30.7 Å². The molecule has 1 fully saturated rings. The number of carboxylic acids is 2. The van der Waals surface area contributed by atoms with Gasteiger partial charge in [-0.2, -0.15) is 0 Å². The molecule has 11 nitrogen and oxygen atoms in total. The summed E-state index contributed by atoms with van der Waals surface area (Å²) in [7, 11) is 0. The van der Waals surface area contributed by atoms with E-state index in [0.717, 1.165) is 48.1 Å². The smallest absolute Gasteiger partial charge is 0.414 e. The van der Waals surface area contributed by atoms with Gasteiger partial charge >= 0.3 is 11.9 Å². The Kier molecular flexibility index (Phi) is 9.36. The minimum atomic E-state index is -1.82. The van der Waals surface area contributed by atoms with E-state index in [9.17, 15) is 4.79 Å². The van der Waals surface area contributed by atoms with E-state index < -0.39 is 11.9 Å². The quantitative estimate of drug-likeness (QED) is 0.248. The largest absolute Gasteiger partial charge is 0.473 e. The van der Waals surface area contributed by atoms with E-state index in [1.54, 1.807) is 11.8 Å². The third-order valence-corrected chi connectivity index (χ3v) is 7.01. The van der Waals surface area contributed by atoms with Crippen LogP contribution in [-0.2, 0) is 20.9 Å². The van der Waals surface area contributed by atoms with Crippen molar-refractivity contribution in [3.8, 4) is 0 Å². The molecule has 3 N–H and O–H groups in total. The van der Waals surface area contributed by atoms with Gasteiger partial charge in [-0.15, -0.1) is 10.2 Å². The average Bonchev–Trinajstić information content (AvgIpc) is 3.42. The summed E-state index contributed by atoms with van der Waals surface area (Å²) < 4.78 is 3.15. The van der Waals surface area contributed by atoms with Gasteiger partial charge in [-0.1, -0.05) is 42.2 Å². The Balaban J connectivity index is 0.000000481. The predicted octanol–water partition coefficient (Wildman–Crippen LogP) is 2.51. The number of anilines is 1. The van der Waals surface area contributed by atoms with Gasteiger partial charge in [-0.3, -0.25) is 15.0 Å². The van der Waals surface area contributed by atoms with Crippen molar-refractivity contribution < 1.29 is 24.6 Å². The molecular weight excluding hydrogens is 480 g/mol. The van der Waals surface area contributed by atoms with Crippen LogP contribution in [0, 0.1) is 5.92 Å². The molecule has 0 aliphatic carbocycles. The molecule has 0 saturated carbocycles. The first kappa shape index (κ1) is 25.6. The molecule has 34 heavy (non-hydrogen) atoms. The van der Waals surface area contributed by atoms with Crippen molar-refractivity contribution >= 4 is 57.1 Å². The molecule has 0 atom stereocenters. The molecule has 3 aromatic rings. The van der Waals surface area contributed by atoms with Crippen LogP contribution in [0.25, 0.3) is 11.0 Å². The fourth-order valence-corrected chi connectivity index (χ4v) is 5.23. The number of carbonyl (C=O) groups is 3. The Morgan fingerprint density at radius 2 is 1.85 bits per heavy atom. The number of nitrogens with one attached hydrogen (secondary N) is 1. The van der Waals surface area contributed by atoms with Crippen molar-refractivity contribution in [2.24, 2.45) is 5.92 Å². The van der Waals surface area contributed by atoms with Crippen LogP contribution in [0.2, 0.25) is 0 Å². The van der Waals surface area contributed by atoms with Crippen LogP contribution in [0.1, 0.15) is 19.8 Å². The molecule has 0 unspecified atom stereocenters. The molecule has 0 bridgehead atoms. The van der Waals surface area contributed by atoms with Crippen LogP contribution in [0.4, 0.5) is 5.13 Å². The number of piperidine rings is 1. The lowest BCUT2D eigenvalue weighted by atomic mass is 9.96. The normalized spacial score (nSPS) is 14.4. The van der Waals surface area contributed by atoms with Crippen LogP contribution in [0.15, 0.2) is 34.9 Å². The zero-order chi connectivity index (χ0) is 24.5. The molecule has 0 spiro atoms. The number of amides is 1. The first-order chi connectivity index (χ1) is 16.4. The highest BCUT2D eigenvalue weighted by atomic mass is 32.2.